The number of aromatic nitrogens is 2. The minimum Gasteiger partial charge on any atom is -0.465 e. The van der Waals surface area contributed by atoms with Gasteiger partial charge in [0.15, 0.2) is 11.0 Å². The minimum absolute atomic E-state index is 0.0114. The number of hydrogen-bond donors (Lipinski definition) is 1. The van der Waals surface area contributed by atoms with Crippen molar-refractivity contribution in [2.45, 2.75) is 13.3 Å². The molecule has 16 heavy (non-hydrogen) atoms. The van der Waals surface area contributed by atoms with E-state index in [4.69, 9.17) is 22.1 Å². The molecular formula is C10H10ClN3O2. The van der Waals surface area contributed by atoms with E-state index in [2.05, 4.69) is 21.8 Å². The first-order valence-electron chi connectivity index (χ1n) is 4.56. The summed E-state index contributed by atoms with van der Waals surface area (Å²) < 4.78 is 4.70. The molecule has 0 saturated carbocycles. The number of halogens is 1. The maximum absolute atomic E-state index is 10.9. The summed E-state index contributed by atoms with van der Waals surface area (Å²) in [5.41, 5.74) is 5.74. The van der Waals surface area contributed by atoms with E-state index in [0.717, 1.165) is 0 Å². The minimum atomic E-state index is -0.371. The Hall–Kier alpha value is -1.80. The van der Waals surface area contributed by atoms with Gasteiger partial charge in [0.2, 0.25) is 0 Å². The van der Waals surface area contributed by atoms with E-state index in [0.29, 0.717) is 12.3 Å². The average Bonchev–Trinajstić information content (AvgIpc) is 2.24. The van der Waals surface area contributed by atoms with Gasteiger partial charge in [0.05, 0.1) is 12.8 Å². The molecule has 0 fully saturated rings. The van der Waals surface area contributed by atoms with Crippen molar-refractivity contribution in [2.75, 3.05) is 12.3 Å². The Labute approximate surface area is 98.0 Å². The number of rotatable bonds is 2. The van der Waals surface area contributed by atoms with Gasteiger partial charge in [-0.25, -0.2) is 9.97 Å². The molecule has 2 N–H and O–H groups in total. The number of carbonyl (C=O) groups is 1. The summed E-state index contributed by atoms with van der Waals surface area (Å²) >= 11 is 5.65. The Morgan fingerprint density at radius 3 is 3.06 bits per heavy atom. The summed E-state index contributed by atoms with van der Waals surface area (Å²) in [7, 11) is 0. The van der Waals surface area contributed by atoms with Gasteiger partial charge < -0.3 is 10.5 Å². The highest BCUT2D eigenvalue weighted by Gasteiger charge is 1.99. The smallest absolute Gasteiger partial charge is 0.317 e. The second-order valence-electron chi connectivity index (χ2n) is 2.71. The number of anilines is 1. The van der Waals surface area contributed by atoms with Crippen LogP contribution in [0.1, 0.15) is 19.0 Å². The molecule has 84 valence electrons. The molecule has 6 heteroatoms. The Morgan fingerprint density at radius 1 is 1.69 bits per heavy atom. The van der Waals surface area contributed by atoms with Gasteiger partial charge in [0.25, 0.3) is 0 Å². The van der Waals surface area contributed by atoms with Crippen molar-refractivity contribution in [1.82, 2.24) is 9.97 Å². The highest BCUT2D eigenvalue weighted by Crippen LogP contribution is 2.11. The summed E-state index contributed by atoms with van der Waals surface area (Å²) in [5.74, 6) is 5.02. The largest absolute Gasteiger partial charge is 0.465 e. The number of nitrogens with zero attached hydrogens (tertiary/aromatic N) is 2. The monoisotopic (exact) mass is 239 g/mol. The average molecular weight is 240 g/mol. The van der Waals surface area contributed by atoms with Gasteiger partial charge in [0, 0.05) is 0 Å². The van der Waals surface area contributed by atoms with Crippen molar-refractivity contribution in [3.63, 3.8) is 0 Å². The summed E-state index contributed by atoms with van der Waals surface area (Å²) in [6.45, 7) is 2.07. The zero-order valence-electron chi connectivity index (χ0n) is 8.66. The predicted octanol–water partition coefficient (Wildman–Crippen LogP) is 1.02. The van der Waals surface area contributed by atoms with Crippen LogP contribution in [0.3, 0.4) is 0 Å². The van der Waals surface area contributed by atoms with Crippen LogP contribution in [0.25, 0.3) is 0 Å². The number of nitrogen functional groups attached to an aromatic ring is 1. The molecule has 1 heterocycles. The van der Waals surface area contributed by atoms with Crippen LogP contribution in [-0.2, 0) is 9.53 Å². The van der Waals surface area contributed by atoms with Gasteiger partial charge in [-0.05, 0) is 12.8 Å². The molecular weight excluding hydrogens is 230 g/mol. The molecule has 0 bridgehead atoms. The fourth-order valence-electron chi connectivity index (χ4n) is 0.855. The van der Waals surface area contributed by atoms with Gasteiger partial charge in [-0.15, -0.1) is 0 Å². The number of hydrogen-bond acceptors (Lipinski definition) is 5. The lowest BCUT2D eigenvalue weighted by Crippen LogP contribution is -2.01. The number of esters is 1. The highest BCUT2D eigenvalue weighted by molar-refractivity contribution is 6.31. The van der Waals surface area contributed by atoms with Crippen LogP contribution in [0, 0.1) is 11.8 Å². The maximum atomic E-state index is 10.9. The van der Waals surface area contributed by atoms with Crippen LogP contribution in [0.2, 0.25) is 5.15 Å². The van der Waals surface area contributed by atoms with E-state index in [1.807, 2.05) is 0 Å². The van der Waals surface area contributed by atoms with Crippen molar-refractivity contribution < 1.29 is 9.53 Å². The van der Waals surface area contributed by atoms with Crippen LogP contribution in [0.5, 0.6) is 0 Å². The van der Waals surface area contributed by atoms with Gasteiger partial charge >= 0.3 is 5.97 Å². The zero-order valence-corrected chi connectivity index (χ0v) is 9.41. The van der Waals surface area contributed by atoms with Crippen molar-refractivity contribution in [3.8, 4) is 11.8 Å². The predicted molar refractivity (Wildman–Crippen MR) is 59.6 cm³/mol. The first kappa shape index (κ1) is 12.3. The normalized spacial score (nSPS) is 9.12. The standard InChI is InChI=1S/C10H10ClN3O2/c1-2-16-8(15)5-3-4-7-6-13-10(12)9(11)14-7/h6H,2,5H2,1H3,(H2,12,13). The van der Waals surface area contributed by atoms with Gasteiger partial charge in [-0.2, -0.15) is 0 Å². The molecule has 0 amide bonds. The number of ether oxygens (including phenoxy) is 1. The fourth-order valence-corrected chi connectivity index (χ4v) is 0.995. The lowest BCUT2D eigenvalue weighted by atomic mass is 10.4. The summed E-state index contributed by atoms with van der Waals surface area (Å²) in [4.78, 5) is 18.6. The van der Waals surface area contributed by atoms with E-state index in [1.165, 1.54) is 6.20 Å². The summed E-state index contributed by atoms with van der Waals surface area (Å²) in [5, 5.41) is 0.0999. The van der Waals surface area contributed by atoms with Crippen LogP contribution in [0.15, 0.2) is 6.20 Å². The molecule has 5 nitrogen and oxygen atoms in total. The summed E-state index contributed by atoms with van der Waals surface area (Å²) in [6, 6.07) is 0. The summed E-state index contributed by atoms with van der Waals surface area (Å²) in [6.07, 6.45) is 1.40. The fraction of sp³-hybridized carbons (Fsp3) is 0.300. The first-order chi connectivity index (χ1) is 7.63. The van der Waals surface area contributed by atoms with Crippen molar-refractivity contribution >= 4 is 23.4 Å². The third-order valence-electron chi connectivity index (χ3n) is 1.51. The van der Waals surface area contributed by atoms with Crippen molar-refractivity contribution in [2.24, 2.45) is 0 Å². The third-order valence-corrected chi connectivity index (χ3v) is 1.79. The van der Waals surface area contributed by atoms with E-state index in [-0.39, 0.29) is 23.4 Å². The Morgan fingerprint density at radius 2 is 2.44 bits per heavy atom. The van der Waals surface area contributed by atoms with Crippen LogP contribution < -0.4 is 5.73 Å². The Bertz CT molecular complexity index is 451. The van der Waals surface area contributed by atoms with Crippen LogP contribution in [-0.4, -0.2) is 22.5 Å². The van der Waals surface area contributed by atoms with E-state index in [9.17, 15) is 4.79 Å². The molecule has 0 aliphatic rings. The van der Waals surface area contributed by atoms with E-state index < -0.39 is 0 Å². The molecule has 1 rings (SSSR count). The van der Waals surface area contributed by atoms with Crippen molar-refractivity contribution in [3.05, 3.63) is 17.0 Å². The van der Waals surface area contributed by atoms with E-state index in [1.54, 1.807) is 6.92 Å². The number of nitrogens with two attached hydrogens (primary N) is 1. The maximum Gasteiger partial charge on any atom is 0.317 e. The molecule has 0 aromatic carbocycles. The quantitative estimate of drug-likeness (QED) is 0.616. The van der Waals surface area contributed by atoms with Crippen LogP contribution in [0.4, 0.5) is 5.82 Å². The van der Waals surface area contributed by atoms with Crippen LogP contribution >= 0.6 is 11.6 Å². The third kappa shape index (κ3) is 3.75. The lowest BCUT2D eigenvalue weighted by molar-refractivity contribution is -0.141. The van der Waals surface area contributed by atoms with Crippen molar-refractivity contribution in [1.29, 1.82) is 0 Å². The second kappa shape index (κ2) is 5.93. The molecule has 0 aliphatic carbocycles. The lowest BCUT2D eigenvalue weighted by Gasteiger charge is -1.96. The molecule has 0 spiro atoms. The molecule has 1 aromatic rings. The Kier molecular flexibility index (Phi) is 4.55. The topological polar surface area (TPSA) is 78.1 Å². The molecule has 0 saturated heterocycles. The Balaban J connectivity index is 2.63. The molecule has 1 aromatic heterocycles. The molecule has 0 atom stereocenters. The van der Waals surface area contributed by atoms with E-state index >= 15 is 0 Å². The zero-order chi connectivity index (χ0) is 12.0. The molecule has 0 aliphatic heterocycles. The van der Waals surface area contributed by atoms with Gasteiger partial charge in [-0.3, -0.25) is 4.79 Å². The van der Waals surface area contributed by atoms with Gasteiger partial charge in [0.1, 0.15) is 12.1 Å². The van der Waals surface area contributed by atoms with Gasteiger partial charge in [-0.1, -0.05) is 17.5 Å². The highest BCUT2D eigenvalue weighted by atomic mass is 35.5. The first-order valence-corrected chi connectivity index (χ1v) is 4.93. The number of carbonyl (C=O) groups excluding carboxylic acids is 1. The molecule has 0 unspecified atom stereocenters. The second-order valence-corrected chi connectivity index (χ2v) is 3.07. The molecule has 0 radical (unpaired) electrons. The SMILES string of the molecule is CCOC(=O)CC#Cc1cnc(N)c(Cl)n1.